The number of nitrogens with zero attached hydrogens (tertiary/aromatic N) is 1. The molecular weight excluding hydrogens is 434 g/mol. The summed E-state index contributed by atoms with van der Waals surface area (Å²) in [7, 11) is -1.95. The summed E-state index contributed by atoms with van der Waals surface area (Å²) in [6.07, 6.45) is 0.793. The molecule has 1 saturated heterocycles. The number of Topliss-reactive ketones (excluding diaryl/α,β-unsaturated/α-hetero) is 1. The molecule has 2 aromatic carbocycles. The molecule has 0 aromatic heterocycles. The van der Waals surface area contributed by atoms with E-state index < -0.39 is 15.8 Å². The SMILES string of the molecule is COC(=O)CC(=O)c1ccc(OCC2CN(Cc3ccc(S(C)(=O)=O)cc3)CCO2)cc1. The van der Waals surface area contributed by atoms with E-state index in [2.05, 4.69) is 9.64 Å². The van der Waals surface area contributed by atoms with Crippen molar-refractivity contribution in [3.8, 4) is 5.75 Å². The average Bonchev–Trinajstić information content (AvgIpc) is 2.78. The van der Waals surface area contributed by atoms with Crippen LogP contribution in [0.15, 0.2) is 53.4 Å². The van der Waals surface area contributed by atoms with E-state index in [1.165, 1.54) is 13.4 Å². The van der Waals surface area contributed by atoms with Gasteiger partial charge in [-0.2, -0.15) is 0 Å². The van der Waals surface area contributed by atoms with Crippen LogP contribution < -0.4 is 4.74 Å². The number of carbonyl (C=O) groups excluding carboxylic acids is 2. The Morgan fingerprint density at radius 1 is 1.09 bits per heavy atom. The zero-order valence-corrected chi connectivity index (χ0v) is 19.0. The molecule has 1 atom stereocenters. The highest BCUT2D eigenvalue weighted by atomic mass is 32.2. The highest BCUT2D eigenvalue weighted by Crippen LogP contribution is 2.17. The summed E-state index contributed by atoms with van der Waals surface area (Å²) in [4.78, 5) is 25.8. The first-order valence-electron chi connectivity index (χ1n) is 10.2. The van der Waals surface area contributed by atoms with Crippen LogP contribution in [0.4, 0.5) is 0 Å². The molecular formula is C23H27NO7S. The normalized spacial score (nSPS) is 17.0. The van der Waals surface area contributed by atoms with Gasteiger partial charge in [-0.1, -0.05) is 12.1 Å². The van der Waals surface area contributed by atoms with Gasteiger partial charge in [-0.05, 0) is 42.0 Å². The first kappa shape index (κ1) is 23.9. The summed E-state index contributed by atoms with van der Waals surface area (Å²) in [5.41, 5.74) is 1.45. The molecule has 2 aromatic rings. The van der Waals surface area contributed by atoms with Crippen molar-refractivity contribution in [2.75, 3.05) is 39.7 Å². The minimum atomic E-state index is -3.20. The Morgan fingerprint density at radius 2 is 1.78 bits per heavy atom. The van der Waals surface area contributed by atoms with Crippen LogP contribution in [0.2, 0.25) is 0 Å². The molecule has 0 saturated carbocycles. The van der Waals surface area contributed by atoms with Crippen molar-refractivity contribution in [2.24, 2.45) is 0 Å². The van der Waals surface area contributed by atoms with Crippen LogP contribution in [-0.2, 0) is 30.7 Å². The molecule has 172 valence electrons. The molecule has 1 fully saturated rings. The third-order valence-corrected chi connectivity index (χ3v) is 6.25. The van der Waals surface area contributed by atoms with Crippen LogP contribution in [0.25, 0.3) is 0 Å². The van der Waals surface area contributed by atoms with E-state index in [0.29, 0.717) is 42.5 Å². The maximum atomic E-state index is 12.0. The van der Waals surface area contributed by atoms with Crippen LogP contribution in [0.1, 0.15) is 22.3 Å². The standard InChI is InChI=1S/C23H27NO7S/c1-29-23(26)13-22(25)18-5-7-19(8-6-18)31-16-20-15-24(11-12-30-20)14-17-3-9-21(10-4-17)32(2,27)28/h3-10,20H,11-16H2,1-2H3. The topological polar surface area (TPSA) is 99.2 Å². The second kappa shape index (κ2) is 10.7. The molecule has 8 nitrogen and oxygen atoms in total. The number of methoxy groups -OCH3 is 1. The molecule has 9 heteroatoms. The number of hydrogen-bond acceptors (Lipinski definition) is 8. The Morgan fingerprint density at radius 3 is 2.41 bits per heavy atom. The van der Waals surface area contributed by atoms with Crippen molar-refractivity contribution in [2.45, 2.75) is 24.0 Å². The lowest BCUT2D eigenvalue weighted by Crippen LogP contribution is -2.44. The maximum absolute atomic E-state index is 12.0. The lowest BCUT2D eigenvalue weighted by atomic mass is 10.1. The lowest BCUT2D eigenvalue weighted by molar-refractivity contribution is -0.139. The molecule has 0 radical (unpaired) electrons. The van der Waals surface area contributed by atoms with E-state index in [9.17, 15) is 18.0 Å². The largest absolute Gasteiger partial charge is 0.491 e. The number of esters is 1. The monoisotopic (exact) mass is 461 g/mol. The summed E-state index contributed by atoms with van der Waals surface area (Å²) in [6.45, 7) is 3.10. The van der Waals surface area contributed by atoms with Gasteiger partial charge in [0.1, 0.15) is 24.9 Å². The molecule has 0 amide bonds. The number of carbonyl (C=O) groups is 2. The molecule has 32 heavy (non-hydrogen) atoms. The lowest BCUT2D eigenvalue weighted by Gasteiger charge is -2.32. The fraction of sp³-hybridized carbons (Fsp3) is 0.391. The third-order valence-electron chi connectivity index (χ3n) is 5.13. The van der Waals surface area contributed by atoms with Gasteiger partial charge < -0.3 is 14.2 Å². The van der Waals surface area contributed by atoms with Crippen LogP contribution in [-0.4, -0.2) is 70.8 Å². The summed E-state index contributed by atoms with van der Waals surface area (Å²) >= 11 is 0. The second-order valence-electron chi connectivity index (χ2n) is 7.66. The third kappa shape index (κ3) is 6.88. The highest BCUT2D eigenvalue weighted by molar-refractivity contribution is 7.90. The molecule has 0 N–H and O–H groups in total. The first-order valence-corrected chi connectivity index (χ1v) is 12.1. The quantitative estimate of drug-likeness (QED) is 0.318. The number of morpholine rings is 1. The van der Waals surface area contributed by atoms with Gasteiger partial charge in [0.15, 0.2) is 15.6 Å². The number of benzene rings is 2. The minimum absolute atomic E-state index is 0.111. The Labute approximate surface area is 188 Å². The number of ether oxygens (including phenoxy) is 3. The second-order valence-corrected chi connectivity index (χ2v) is 9.67. The molecule has 1 aliphatic heterocycles. The average molecular weight is 462 g/mol. The Bertz CT molecular complexity index is 1030. The summed E-state index contributed by atoms with van der Waals surface area (Å²) in [6, 6.07) is 13.5. The number of rotatable bonds is 9. The van der Waals surface area contributed by atoms with E-state index in [0.717, 1.165) is 12.1 Å². The number of sulfone groups is 1. The predicted molar refractivity (Wildman–Crippen MR) is 117 cm³/mol. The summed E-state index contributed by atoms with van der Waals surface area (Å²) in [5.74, 6) is -0.267. The van der Waals surface area contributed by atoms with E-state index in [1.807, 2.05) is 12.1 Å². The van der Waals surface area contributed by atoms with Crippen molar-refractivity contribution in [1.29, 1.82) is 0 Å². The summed E-state index contributed by atoms with van der Waals surface area (Å²) in [5, 5.41) is 0. The van der Waals surface area contributed by atoms with Gasteiger partial charge in [0.2, 0.25) is 0 Å². The van der Waals surface area contributed by atoms with Gasteiger partial charge in [-0.3, -0.25) is 14.5 Å². The highest BCUT2D eigenvalue weighted by Gasteiger charge is 2.21. The molecule has 1 heterocycles. The van der Waals surface area contributed by atoms with E-state index >= 15 is 0 Å². The minimum Gasteiger partial charge on any atom is -0.491 e. The first-order chi connectivity index (χ1) is 15.2. The molecule has 1 aliphatic rings. The fourth-order valence-electron chi connectivity index (χ4n) is 3.36. The molecule has 0 aliphatic carbocycles. The smallest absolute Gasteiger partial charge is 0.313 e. The molecule has 0 spiro atoms. The summed E-state index contributed by atoms with van der Waals surface area (Å²) < 4.78 is 39.3. The zero-order valence-electron chi connectivity index (χ0n) is 18.2. The maximum Gasteiger partial charge on any atom is 0.313 e. The number of ketones is 1. The Kier molecular flexibility index (Phi) is 8.00. The van der Waals surface area contributed by atoms with Crippen molar-refractivity contribution < 1.29 is 32.2 Å². The van der Waals surface area contributed by atoms with Gasteiger partial charge in [-0.25, -0.2) is 8.42 Å². The van der Waals surface area contributed by atoms with Crippen LogP contribution in [0.5, 0.6) is 5.75 Å². The van der Waals surface area contributed by atoms with Crippen LogP contribution in [0.3, 0.4) is 0 Å². The Balaban J connectivity index is 1.49. The van der Waals surface area contributed by atoms with Crippen molar-refractivity contribution in [1.82, 2.24) is 4.90 Å². The van der Waals surface area contributed by atoms with E-state index in [-0.39, 0.29) is 18.3 Å². The van der Waals surface area contributed by atoms with Gasteiger partial charge in [0.05, 0.1) is 18.6 Å². The van der Waals surface area contributed by atoms with Crippen molar-refractivity contribution >= 4 is 21.6 Å². The molecule has 1 unspecified atom stereocenters. The number of hydrogen-bond donors (Lipinski definition) is 0. The van der Waals surface area contributed by atoms with Crippen molar-refractivity contribution in [3.05, 3.63) is 59.7 Å². The van der Waals surface area contributed by atoms with Gasteiger partial charge >= 0.3 is 5.97 Å². The molecule has 0 bridgehead atoms. The van der Waals surface area contributed by atoms with Gasteiger partial charge in [-0.15, -0.1) is 0 Å². The molecule has 3 rings (SSSR count). The van der Waals surface area contributed by atoms with E-state index in [4.69, 9.17) is 9.47 Å². The fourth-order valence-corrected chi connectivity index (χ4v) is 3.99. The van der Waals surface area contributed by atoms with Crippen molar-refractivity contribution in [3.63, 3.8) is 0 Å². The predicted octanol–water partition coefficient (Wildman–Crippen LogP) is 2.12. The van der Waals surface area contributed by atoms with Crippen LogP contribution >= 0.6 is 0 Å². The zero-order chi connectivity index (χ0) is 23.1. The Hall–Kier alpha value is -2.75. The van der Waals surface area contributed by atoms with Gasteiger partial charge in [0, 0.05) is 31.5 Å². The van der Waals surface area contributed by atoms with E-state index in [1.54, 1.807) is 36.4 Å². The van der Waals surface area contributed by atoms with Gasteiger partial charge in [0.25, 0.3) is 0 Å². The van der Waals surface area contributed by atoms with Crippen LogP contribution in [0, 0.1) is 0 Å².